The summed E-state index contributed by atoms with van der Waals surface area (Å²) in [4.78, 5) is 0. The zero-order chi connectivity index (χ0) is 10.1. The van der Waals surface area contributed by atoms with E-state index in [2.05, 4.69) is 15.9 Å². The SMILES string of the molecule is O=S(=O)(O)Cc1cccc(Br)c1F. The summed E-state index contributed by atoms with van der Waals surface area (Å²) >= 11 is 2.90. The minimum atomic E-state index is -4.18. The van der Waals surface area contributed by atoms with Crippen LogP contribution in [0.5, 0.6) is 0 Å². The summed E-state index contributed by atoms with van der Waals surface area (Å²) in [6, 6.07) is 4.24. The van der Waals surface area contributed by atoms with Crippen LogP contribution in [-0.4, -0.2) is 13.0 Å². The van der Waals surface area contributed by atoms with Gasteiger partial charge in [0.2, 0.25) is 0 Å². The molecule has 0 aliphatic rings. The van der Waals surface area contributed by atoms with Crippen molar-refractivity contribution >= 4 is 26.0 Å². The van der Waals surface area contributed by atoms with E-state index in [1.807, 2.05) is 0 Å². The summed E-state index contributed by atoms with van der Waals surface area (Å²) in [6.45, 7) is 0. The highest BCUT2D eigenvalue weighted by molar-refractivity contribution is 9.10. The van der Waals surface area contributed by atoms with Crippen molar-refractivity contribution in [2.45, 2.75) is 5.75 Å². The van der Waals surface area contributed by atoms with Crippen molar-refractivity contribution in [2.24, 2.45) is 0 Å². The normalized spacial score (nSPS) is 11.6. The molecular formula is C7H6BrFO3S. The van der Waals surface area contributed by atoms with Gasteiger partial charge < -0.3 is 0 Å². The molecule has 0 radical (unpaired) electrons. The van der Waals surface area contributed by atoms with Crippen LogP contribution in [0.1, 0.15) is 5.56 Å². The van der Waals surface area contributed by atoms with Gasteiger partial charge in [-0.2, -0.15) is 8.42 Å². The molecule has 1 aromatic rings. The molecule has 0 saturated heterocycles. The number of rotatable bonds is 2. The van der Waals surface area contributed by atoms with Crippen LogP contribution in [0.2, 0.25) is 0 Å². The Bertz CT molecular complexity index is 416. The lowest BCUT2D eigenvalue weighted by Gasteiger charge is -2.01. The second-order valence-electron chi connectivity index (χ2n) is 2.44. The maximum Gasteiger partial charge on any atom is 0.269 e. The predicted molar refractivity (Wildman–Crippen MR) is 49.4 cm³/mol. The van der Waals surface area contributed by atoms with Gasteiger partial charge in [0.15, 0.2) is 0 Å². The summed E-state index contributed by atoms with van der Waals surface area (Å²) in [6.07, 6.45) is 0. The maximum absolute atomic E-state index is 13.1. The quantitative estimate of drug-likeness (QED) is 0.835. The van der Waals surface area contributed by atoms with Gasteiger partial charge in [-0.15, -0.1) is 0 Å². The predicted octanol–water partition coefficient (Wildman–Crippen LogP) is 1.98. The third kappa shape index (κ3) is 3.06. The Morgan fingerprint density at radius 1 is 1.46 bits per heavy atom. The van der Waals surface area contributed by atoms with Gasteiger partial charge in [-0.25, -0.2) is 4.39 Å². The van der Waals surface area contributed by atoms with Gasteiger partial charge in [-0.1, -0.05) is 12.1 Å². The summed E-state index contributed by atoms with van der Waals surface area (Å²) in [5.74, 6) is -1.38. The van der Waals surface area contributed by atoms with Gasteiger partial charge in [0, 0.05) is 5.56 Å². The third-order valence-electron chi connectivity index (χ3n) is 1.37. The monoisotopic (exact) mass is 268 g/mol. The zero-order valence-corrected chi connectivity index (χ0v) is 8.77. The van der Waals surface area contributed by atoms with Crippen LogP contribution in [-0.2, 0) is 15.9 Å². The summed E-state index contributed by atoms with van der Waals surface area (Å²) < 4.78 is 42.6. The zero-order valence-electron chi connectivity index (χ0n) is 6.37. The minimum Gasteiger partial charge on any atom is -0.285 e. The largest absolute Gasteiger partial charge is 0.285 e. The molecule has 0 spiro atoms. The average molecular weight is 269 g/mol. The topological polar surface area (TPSA) is 54.4 Å². The van der Waals surface area contributed by atoms with Crippen molar-refractivity contribution in [3.05, 3.63) is 34.1 Å². The molecule has 13 heavy (non-hydrogen) atoms. The maximum atomic E-state index is 13.1. The number of halogens is 2. The molecule has 6 heteroatoms. The van der Waals surface area contributed by atoms with Crippen LogP contribution in [0.15, 0.2) is 22.7 Å². The van der Waals surface area contributed by atoms with E-state index in [0.29, 0.717) is 0 Å². The Hall–Kier alpha value is -0.460. The molecule has 1 aromatic carbocycles. The second-order valence-corrected chi connectivity index (χ2v) is 4.75. The van der Waals surface area contributed by atoms with E-state index in [9.17, 15) is 12.8 Å². The first-order valence-electron chi connectivity index (χ1n) is 3.28. The molecule has 72 valence electrons. The van der Waals surface area contributed by atoms with Crippen molar-refractivity contribution in [1.82, 2.24) is 0 Å². The van der Waals surface area contributed by atoms with E-state index in [4.69, 9.17) is 4.55 Å². The van der Waals surface area contributed by atoms with E-state index in [1.54, 1.807) is 0 Å². The van der Waals surface area contributed by atoms with Crippen molar-refractivity contribution in [2.75, 3.05) is 0 Å². The molecule has 0 aliphatic heterocycles. The lowest BCUT2D eigenvalue weighted by atomic mass is 10.2. The Morgan fingerprint density at radius 2 is 2.08 bits per heavy atom. The Kier molecular flexibility index (Phi) is 3.05. The van der Waals surface area contributed by atoms with Gasteiger partial charge in [0.05, 0.1) is 4.47 Å². The molecule has 0 atom stereocenters. The number of hydrogen-bond donors (Lipinski definition) is 1. The van der Waals surface area contributed by atoms with Crippen LogP contribution < -0.4 is 0 Å². The highest BCUT2D eigenvalue weighted by atomic mass is 79.9. The minimum absolute atomic E-state index is 0.0584. The molecule has 0 unspecified atom stereocenters. The van der Waals surface area contributed by atoms with Crippen LogP contribution in [0.25, 0.3) is 0 Å². The van der Waals surface area contributed by atoms with Crippen molar-refractivity contribution in [3.63, 3.8) is 0 Å². The van der Waals surface area contributed by atoms with Crippen LogP contribution >= 0.6 is 15.9 Å². The van der Waals surface area contributed by atoms with Gasteiger partial charge in [0.25, 0.3) is 10.1 Å². The molecular weight excluding hydrogens is 263 g/mol. The lowest BCUT2D eigenvalue weighted by molar-refractivity contribution is 0.480. The summed E-state index contributed by atoms with van der Waals surface area (Å²) in [5, 5.41) is 0. The van der Waals surface area contributed by atoms with Crippen LogP contribution in [0.3, 0.4) is 0 Å². The first-order valence-corrected chi connectivity index (χ1v) is 5.68. The first kappa shape index (κ1) is 10.6. The van der Waals surface area contributed by atoms with Crippen molar-refractivity contribution < 1.29 is 17.4 Å². The highest BCUT2D eigenvalue weighted by Crippen LogP contribution is 2.19. The Labute approximate surface area is 83.5 Å². The first-order chi connectivity index (χ1) is 5.90. The molecule has 0 bridgehead atoms. The van der Waals surface area contributed by atoms with E-state index in [-0.39, 0.29) is 10.0 Å². The van der Waals surface area contributed by atoms with E-state index in [0.717, 1.165) is 0 Å². The standard InChI is InChI=1S/C7H6BrFO3S/c8-6-3-1-2-5(7(6)9)4-13(10,11)12/h1-3H,4H2,(H,10,11,12). The van der Waals surface area contributed by atoms with E-state index < -0.39 is 21.7 Å². The molecule has 0 fully saturated rings. The molecule has 3 nitrogen and oxygen atoms in total. The summed E-state index contributed by atoms with van der Waals surface area (Å²) in [7, 11) is -4.18. The van der Waals surface area contributed by atoms with E-state index >= 15 is 0 Å². The molecule has 1 rings (SSSR count). The number of benzene rings is 1. The fourth-order valence-electron chi connectivity index (χ4n) is 0.856. The molecule has 0 amide bonds. The fourth-order valence-corrected chi connectivity index (χ4v) is 1.88. The average Bonchev–Trinajstić information content (AvgIpc) is 1.96. The van der Waals surface area contributed by atoms with Gasteiger partial charge >= 0.3 is 0 Å². The second kappa shape index (κ2) is 3.73. The van der Waals surface area contributed by atoms with Crippen molar-refractivity contribution in [3.8, 4) is 0 Å². The molecule has 1 N–H and O–H groups in total. The van der Waals surface area contributed by atoms with Crippen LogP contribution in [0, 0.1) is 5.82 Å². The van der Waals surface area contributed by atoms with Gasteiger partial charge in [0.1, 0.15) is 11.6 Å². The lowest BCUT2D eigenvalue weighted by Crippen LogP contribution is -2.03. The Morgan fingerprint density at radius 3 is 2.62 bits per heavy atom. The summed E-state index contributed by atoms with van der Waals surface area (Å²) in [5.41, 5.74) is -0.0584. The molecule has 0 heterocycles. The molecule has 0 aromatic heterocycles. The number of hydrogen-bond acceptors (Lipinski definition) is 2. The fraction of sp³-hybridized carbons (Fsp3) is 0.143. The van der Waals surface area contributed by atoms with Gasteiger partial charge in [-0.3, -0.25) is 4.55 Å². The van der Waals surface area contributed by atoms with Crippen LogP contribution in [0.4, 0.5) is 4.39 Å². The highest BCUT2D eigenvalue weighted by Gasteiger charge is 2.12. The smallest absolute Gasteiger partial charge is 0.269 e. The molecule has 0 aliphatic carbocycles. The Balaban J connectivity index is 3.10. The van der Waals surface area contributed by atoms with Gasteiger partial charge in [-0.05, 0) is 22.0 Å². The molecule has 0 saturated carbocycles. The van der Waals surface area contributed by atoms with Crippen molar-refractivity contribution in [1.29, 1.82) is 0 Å². The third-order valence-corrected chi connectivity index (χ3v) is 2.66. The van der Waals surface area contributed by atoms with E-state index in [1.165, 1.54) is 18.2 Å².